The molecule has 0 atom stereocenters. The maximum atomic E-state index is 10.1. The summed E-state index contributed by atoms with van der Waals surface area (Å²) in [7, 11) is 0. The van der Waals surface area contributed by atoms with E-state index in [1.54, 1.807) is 0 Å². The smallest absolute Gasteiger partial charge is 0.215 e. The van der Waals surface area contributed by atoms with Crippen molar-refractivity contribution >= 4 is 11.4 Å². The van der Waals surface area contributed by atoms with Crippen LogP contribution < -0.4 is 0 Å². The number of aryl methyl sites for hydroxylation is 4. The monoisotopic (exact) mass is 807 g/mol. The Balaban J connectivity index is 1.77. The Hall–Kier alpha value is -2.61. The van der Waals surface area contributed by atoms with Gasteiger partial charge in [-0.15, -0.1) is 0 Å². The lowest BCUT2D eigenvalue weighted by Gasteiger charge is -2.13. The van der Waals surface area contributed by atoms with Gasteiger partial charge in [-0.3, -0.25) is 0 Å². The van der Waals surface area contributed by atoms with E-state index in [-0.39, 0.29) is 0 Å². The molecule has 0 amide bonds. The van der Waals surface area contributed by atoms with Gasteiger partial charge in [0.05, 0.1) is 5.57 Å². The van der Waals surface area contributed by atoms with Crippen LogP contribution in [0.2, 0.25) is 0 Å². The van der Waals surface area contributed by atoms with E-state index in [1.165, 1.54) is 218 Å². The Labute approximate surface area is 367 Å². The van der Waals surface area contributed by atoms with Gasteiger partial charge in [0.1, 0.15) is 0 Å². The standard InChI is InChI=1S/C57H94N2/c1-7-13-19-20-21-22-23-24-25-26-27-28-29-30-31-32-33-34-35-41-55-54(40-18-12-6)56(52-44-48(36-14-8-2)42-49(45-52)37-15-9-3)59(58)57(55)53-46-50(38-16-10-4)43-51(47-53)39-17-11-5/h41-47,58H,7-40H2,1-6H3. The van der Waals surface area contributed by atoms with Crippen LogP contribution in [0.3, 0.4) is 0 Å². The average Bonchev–Trinajstić information content (AvgIpc) is 3.53. The molecule has 0 radical (unpaired) electrons. The highest BCUT2D eigenvalue weighted by Crippen LogP contribution is 2.39. The summed E-state index contributed by atoms with van der Waals surface area (Å²) in [6.45, 7) is 13.9. The lowest BCUT2D eigenvalue weighted by atomic mass is 9.89. The average molecular weight is 807 g/mol. The second kappa shape index (κ2) is 32.2. The zero-order valence-electron chi connectivity index (χ0n) is 40.0. The number of nitrogens with one attached hydrogen (secondary N) is 1. The summed E-state index contributed by atoms with van der Waals surface area (Å²) < 4.78 is 1.90. The van der Waals surface area contributed by atoms with Crippen molar-refractivity contribution in [3.8, 4) is 0 Å². The van der Waals surface area contributed by atoms with Crippen LogP contribution in [0.1, 0.15) is 268 Å². The molecule has 2 aromatic carbocycles. The number of rotatable bonds is 36. The normalized spacial score (nSPS) is 13.8. The van der Waals surface area contributed by atoms with Crippen LogP contribution in [0.25, 0.3) is 11.5 Å². The molecule has 2 heteroatoms. The molecule has 0 spiro atoms. The van der Waals surface area contributed by atoms with Crippen molar-refractivity contribution in [1.82, 2.24) is 0 Å². The third-order valence-electron chi connectivity index (χ3n) is 12.9. The zero-order valence-corrected chi connectivity index (χ0v) is 40.0. The van der Waals surface area contributed by atoms with Crippen molar-refractivity contribution in [3.63, 3.8) is 0 Å². The number of unbranched alkanes of at least 4 members (excludes halogenated alkanes) is 23. The van der Waals surface area contributed by atoms with Gasteiger partial charge in [0.2, 0.25) is 11.4 Å². The second-order valence-electron chi connectivity index (χ2n) is 18.5. The number of nitrogens with zero attached hydrogens (tertiary/aromatic N) is 1. The molecule has 1 aliphatic heterocycles. The molecule has 59 heavy (non-hydrogen) atoms. The highest BCUT2D eigenvalue weighted by Gasteiger charge is 2.35. The van der Waals surface area contributed by atoms with Gasteiger partial charge in [-0.25, -0.2) is 4.68 Å². The number of hydrogen-bond acceptors (Lipinski definition) is 0. The lowest BCUT2D eigenvalue weighted by Crippen LogP contribution is -2.13. The van der Waals surface area contributed by atoms with Crippen molar-refractivity contribution < 1.29 is 4.68 Å². The predicted molar refractivity (Wildman–Crippen MR) is 264 cm³/mol. The molecule has 1 heterocycles. The molecular weight excluding hydrogens is 713 g/mol. The predicted octanol–water partition coefficient (Wildman–Crippen LogP) is 18.8. The minimum absolute atomic E-state index is 1.04. The number of hydrogen-bond donors (Lipinski definition) is 0. The van der Waals surface area contributed by atoms with E-state index in [4.69, 9.17) is 0 Å². The molecule has 0 saturated heterocycles. The SMILES string of the molecule is CCCCCCCCCCCCCCCCCCCCC=C1C(CCCC)=C(c2cc(CCCC)cc(CCCC)c2)[N+]([NH-])=C1c1cc(CCCC)cc(CCCC)c1. The minimum atomic E-state index is 1.04. The first-order chi connectivity index (χ1) is 29.0. The first kappa shape index (κ1) is 50.7. The maximum absolute atomic E-state index is 10.1. The summed E-state index contributed by atoms with van der Waals surface area (Å²) in [6.07, 6.45) is 46.7. The summed E-state index contributed by atoms with van der Waals surface area (Å²) in [5, 5.41) is 0. The van der Waals surface area contributed by atoms with Crippen LogP contribution in [0.15, 0.2) is 53.6 Å². The van der Waals surface area contributed by atoms with E-state index >= 15 is 0 Å². The van der Waals surface area contributed by atoms with E-state index < -0.39 is 0 Å². The molecule has 1 N–H and O–H groups in total. The van der Waals surface area contributed by atoms with Crippen LogP contribution in [0.4, 0.5) is 0 Å². The third kappa shape index (κ3) is 19.3. The summed E-state index contributed by atoms with van der Waals surface area (Å²) in [6, 6.07) is 14.8. The molecule has 0 bridgehead atoms. The van der Waals surface area contributed by atoms with Crippen LogP contribution in [-0.4, -0.2) is 10.4 Å². The Morgan fingerprint density at radius 1 is 0.373 bits per heavy atom. The van der Waals surface area contributed by atoms with Gasteiger partial charge in [0, 0.05) is 16.7 Å². The molecule has 2 nitrogen and oxygen atoms in total. The van der Waals surface area contributed by atoms with E-state index in [0.717, 1.165) is 56.4 Å². The molecule has 332 valence electrons. The number of benzene rings is 2. The van der Waals surface area contributed by atoms with E-state index in [2.05, 4.69) is 84.0 Å². The van der Waals surface area contributed by atoms with Crippen molar-refractivity contribution in [2.45, 2.75) is 260 Å². The zero-order chi connectivity index (χ0) is 42.3. The van der Waals surface area contributed by atoms with Gasteiger partial charge in [-0.1, -0.05) is 201 Å². The van der Waals surface area contributed by atoms with Crippen LogP contribution >= 0.6 is 0 Å². The molecule has 3 rings (SSSR count). The van der Waals surface area contributed by atoms with Gasteiger partial charge in [-0.2, -0.15) is 0 Å². The van der Waals surface area contributed by atoms with Crippen LogP contribution in [-0.2, 0) is 25.7 Å². The van der Waals surface area contributed by atoms with Crippen molar-refractivity contribution in [2.75, 3.05) is 0 Å². The summed E-state index contributed by atoms with van der Waals surface area (Å²) in [5.41, 5.74) is 13.4. The second-order valence-corrected chi connectivity index (χ2v) is 18.5. The molecule has 0 fully saturated rings. The highest BCUT2D eigenvalue weighted by molar-refractivity contribution is 6.16. The molecule has 0 aliphatic carbocycles. The first-order valence-electron chi connectivity index (χ1n) is 26.1. The quantitative estimate of drug-likeness (QED) is 0.0484. The number of allylic oxidation sites excluding steroid dienone is 3. The van der Waals surface area contributed by atoms with E-state index in [1.807, 2.05) is 4.68 Å². The molecular formula is C57H94N2. The van der Waals surface area contributed by atoms with Gasteiger partial charge in [0.25, 0.3) is 0 Å². The van der Waals surface area contributed by atoms with Crippen molar-refractivity contribution in [3.05, 3.63) is 92.8 Å². The Morgan fingerprint density at radius 2 is 0.695 bits per heavy atom. The molecule has 0 saturated carbocycles. The third-order valence-corrected chi connectivity index (χ3v) is 12.9. The largest absolute Gasteiger partial charge is 0.448 e. The maximum Gasteiger partial charge on any atom is 0.215 e. The topological polar surface area (TPSA) is 26.8 Å². The molecule has 1 aliphatic rings. The Bertz CT molecular complexity index is 1450. The van der Waals surface area contributed by atoms with Crippen LogP contribution in [0, 0.1) is 0 Å². The van der Waals surface area contributed by atoms with Gasteiger partial charge >= 0.3 is 0 Å². The van der Waals surface area contributed by atoms with Gasteiger partial charge in [-0.05, 0) is 124 Å². The highest BCUT2D eigenvalue weighted by atomic mass is 15.3. The summed E-state index contributed by atoms with van der Waals surface area (Å²) in [5.74, 6) is 10.1. The Morgan fingerprint density at radius 3 is 1.07 bits per heavy atom. The molecule has 2 aromatic rings. The van der Waals surface area contributed by atoms with Crippen molar-refractivity contribution in [2.24, 2.45) is 0 Å². The summed E-state index contributed by atoms with van der Waals surface area (Å²) in [4.78, 5) is 0. The van der Waals surface area contributed by atoms with E-state index in [9.17, 15) is 5.84 Å². The fourth-order valence-corrected chi connectivity index (χ4v) is 9.24. The molecule has 0 unspecified atom stereocenters. The van der Waals surface area contributed by atoms with Gasteiger partial charge < -0.3 is 5.84 Å². The Kier molecular flexibility index (Phi) is 27.7. The molecule has 0 aromatic heterocycles. The van der Waals surface area contributed by atoms with Gasteiger partial charge in [0.15, 0.2) is 0 Å². The van der Waals surface area contributed by atoms with Crippen molar-refractivity contribution in [1.29, 1.82) is 0 Å². The van der Waals surface area contributed by atoms with Crippen LogP contribution in [0.5, 0.6) is 0 Å². The summed E-state index contributed by atoms with van der Waals surface area (Å²) >= 11 is 0. The first-order valence-corrected chi connectivity index (χ1v) is 26.1. The van der Waals surface area contributed by atoms with E-state index in [0.29, 0.717) is 0 Å². The minimum Gasteiger partial charge on any atom is -0.448 e. The fraction of sp³-hybridized carbons (Fsp3) is 0.702. The fourth-order valence-electron chi connectivity index (χ4n) is 9.24. The lowest BCUT2D eigenvalue weighted by molar-refractivity contribution is -0.347.